The molecule has 2 heterocycles. The summed E-state index contributed by atoms with van der Waals surface area (Å²) in [5, 5.41) is 6.73. The lowest BCUT2D eigenvalue weighted by molar-refractivity contribution is 0.425. The minimum Gasteiger partial charge on any atom is -0.370 e. The molecule has 3 rings (SSSR count). The molecule has 0 aliphatic heterocycles. The van der Waals surface area contributed by atoms with Crippen LogP contribution in [0.4, 0.5) is 11.8 Å². The Hall–Kier alpha value is -2.99. The summed E-state index contributed by atoms with van der Waals surface area (Å²) in [6, 6.07) is 16.3. The first-order chi connectivity index (χ1) is 13.2. The van der Waals surface area contributed by atoms with E-state index in [0.717, 1.165) is 43.1 Å². The largest absolute Gasteiger partial charge is 0.370 e. The van der Waals surface area contributed by atoms with Crippen molar-refractivity contribution in [3.8, 4) is 11.3 Å². The molecule has 0 spiro atoms. The molecule has 140 valence electrons. The van der Waals surface area contributed by atoms with Crippen molar-refractivity contribution in [1.29, 1.82) is 0 Å². The molecule has 0 radical (unpaired) electrons. The van der Waals surface area contributed by atoms with Gasteiger partial charge in [0.05, 0.1) is 5.69 Å². The Kier molecular flexibility index (Phi) is 6.71. The van der Waals surface area contributed by atoms with Crippen molar-refractivity contribution in [1.82, 2.24) is 19.9 Å². The van der Waals surface area contributed by atoms with E-state index in [9.17, 15) is 0 Å². The van der Waals surface area contributed by atoms with Gasteiger partial charge < -0.3 is 15.5 Å². The first-order valence-corrected chi connectivity index (χ1v) is 9.16. The van der Waals surface area contributed by atoms with Crippen molar-refractivity contribution in [2.75, 3.05) is 44.4 Å². The van der Waals surface area contributed by atoms with Gasteiger partial charge in [-0.1, -0.05) is 30.3 Å². The van der Waals surface area contributed by atoms with Gasteiger partial charge in [0.25, 0.3) is 0 Å². The molecule has 0 amide bonds. The van der Waals surface area contributed by atoms with Crippen LogP contribution < -0.4 is 10.6 Å². The highest BCUT2D eigenvalue weighted by atomic mass is 15.2. The summed E-state index contributed by atoms with van der Waals surface area (Å²) in [5.74, 6) is 1.44. The van der Waals surface area contributed by atoms with Gasteiger partial charge in [-0.05, 0) is 38.2 Å². The molecule has 3 aromatic rings. The SMILES string of the molecule is CN(C)CCNc1nc(NCCc2ccccc2)cc(-c2cccnc2)n1. The van der Waals surface area contributed by atoms with Gasteiger partial charge in [0.15, 0.2) is 0 Å². The van der Waals surface area contributed by atoms with Crippen molar-refractivity contribution in [2.24, 2.45) is 0 Å². The average Bonchev–Trinajstić information content (AvgIpc) is 2.69. The highest BCUT2D eigenvalue weighted by Gasteiger charge is 2.07. The number of rotatable bonds is 9. The lowest BCUT2D eigenvalue weighted by Crippen LogP contribution is -2.21. The molecule has 2 aromatic heterocycles. The number of pyridine rings is 1. The van der Waals surface area contributed by atoms with Gasteiger partial charge in [0.1, 0.15) is 5.82 Å². The maximum Gasteiger partial charge on any atom is 0.225 e. The lowest BCUT2D eigenvalue weighted by Gasteiger charge is -2.13. The highest BCUT2D eigenvalue weighted by Crippen LogP contribution is 2.20. The van der Waals surface area contributed by atoms with Gasteiger partial charge in [-0.15, -0.1) is 0 Å². The van der Waals surface area contributed by atoms with Crippen molar-refractivity contribution in [2.45, 2.75) is 6.42 Å². The van der Waals surface area contributed by atoms with Crippen molar-refractivity contribution < 1.29 is 0 Å². The van der Waals surface area contributed by atoms with Gasteiger partial charge in [-0.2, -0.15) is 4.98 Å². The van der Waals surface area contributed by atoms with Crippen molar-refractivity contribution >= 4 is 11.8 Å². The number of nitrogens with zero attached hydrogens (tertiary/aromatic N) is 4. The van der Waals surface area contributed by atoms with E-state index in [-0.39, 0.29) is 0 Å². The molecule has 0 saturated heterocycles. The topological polar surface area (TPSA) is 66.0 Å². The quantitative estimate of drug-likeness (QED) is 0.609. The second kappa shape index (κ2) is 9.64. The maximum atomic E-state index is 4.65. The molecule has 0 unspecified atom stereocenters. The minimum absolute atomic E-state index is 0.625. The number of nitrogens with one attached hydrogen (secondary N) is 2. The monoisotopic (exact) mass is 362 g/mol. The van der Waals surface area contributed by atoms with Crippen LogP contribution in [0.1, 0.15) is 5.56 Å². The zero-order valence-electron chi connectivity index (χ0n) is 15.9. The van der Waals surface area contributed by atoms with Gasteiger partial charge in [0, 0.05) is 43.7 Å². The summed E-state index contributed by atoms with van der Waals surface area (Å²) < 4.78 is 0. The Bertz CT molecular complexity index is 821. The molecule has 0 aliphatic rings. The van der Waals surface area contributed by atoms with Gasteiger partial charge >= 0.3 is 0 Å². The first-order valence-electron chi connectivity index (χ1n) is 9.16. The van der Waals surface area contributed by atoms with E-state index in [0.29, 0.717) is 5.95 Å². The molecular formula is C21H26N6. The fourth-order valence-corrected chi connectivity index (χ4v) is 2.65. The van der Waals surface area contributed by atoms with Crippen LogP contribution >= 0.6 is 0 Å². The van der Waals surface area contributed by atoms with Crippen LogP contribution in [0, 0.1) is 0 Å². The Morgan fingerprint density at radius 2 is 1.78 bits per heavy atom. The Morgan fingerprint density at radius 1 is 0.926 bits per heavy atom. The maximum absolute atomic E-state index is 4.65. The van der Waals surface area contributed by atoms with Crippen molar-refractivity contribution in [3.05, 3.63) is 66.5 Å². The van der Waals surface area contributed by atoms with E-state index in [2.05, 4.69) is 54.8 Å². The number of hydrogen-bond acceptors (Lipinski definition) is 6. The molecule has 1 aromatic carbocycles. The summed E-state index contributed by atoms with van der Waals surface area (Å²) in [4.78, 5) is 15.6. The standard InChI is InChI=1S/C21H26N6/c1-27(2)14-13-24-21-25-19(18-9-6-11-22-16-18)15-20(26-21)23-12-10-17-7-4-3-5-8-17/h3-9,11,15-16H,10,12-14H2,1-2H3,(H2,23,24,25,26). The molecule has 6 heteroatoms. The molecule has 27 heavy (non-hydrogen) atoms. The van der Waals surface area contributed by atoms with Crippen LogP contribution in [0.25, 0.3) is 11.3 Å². The molecule has 0 bridgehead atoms. The van der Waals surface area contributed by atoms with Gasteiger partial charge in [-0.3, -0.25) is 4.98 Å². The molecule has 6 nitrogen and oxygen atoms in total. The second-order valence-electron chi connectivity index (χ2n) is 6.60. The second-order valence-corrected chi connectivity index (χ2v) is 6.60. The lowest BCUT2D eigenvalue weighted by atomic mass is 10.1. The summed E-state index contributed by atoms with van der Waals surface area (Å²) in [6.45, 7) is 2.51. The zero-order valence-corrected chi connectivity index (χ0v) is 15.9. The van der Waals surface area contributed by atoms with Crippen LogP contribution in [0.5, 0.6) is 0 Å². The van der Waals surface area contributed by atoms with E-state index in [4.69, 9.17) is 0 Å². The van der Waals surface area contributed by atoms with Crippen LogP contribution in [0.2, 0.25) is 0 Å². The molecular weight excluding hydrogens is 336 g/mol. The molecule has 2 N–H and O–H groups in total. The summed E-state index contributed by atoms with van der Waals surface area (Å²) >= 11 is 0. The minimum atomic E-state index is 0.625. The number of aromatic nitrogens is 3. The predicted molar refractivity (Wildman–Crippen MR) is 111 cm³/mol. The molecule has 0 atom stereocenters. The molecule has 0 saturated carbocycles. The number of likely N-dealkylation sites (N-methyl/N-ethyl adjacent to an activating group) is 1. The Labute approximate surface area is 160 Å². The third-order valence-electron chi connectivity index (χ3n) is 4.09. The molecule has 0 fully saturated rings. The van der Waals surface area contributed by atoms with Crippen LogP contribution in [0.3, 0.4) is 0 Å². The Morgan fingerprint density at radius 3 is 2.52 bits per heavy atom. The summed E-state index contributed by atoms with van der Waals surface area (Å²) in [6.07, 6.45) is 4.52. The van der Waals surface area contributed by atoms with E-state index in [1.807, 2.05) is 44.6 Å². The number of benzene rings is 1. The van der Waals surface area contributed by atoms with Crippen LogP contribution in [-0.2, 0) is 6.42 Å². The van der Waals surface area contributed by atoms with E-state index < -0.39 is 0 Å². The average molecular weight is 362 g/mol. The van der Waals surface area contributed by atoms with E-state index in [1.54, 1.807) is 6.20 Å². The predicted octanol–water partition coefficient (Wildman–Crippen LogP) is 3.17. The third-order valence-corrected chi connectivity index (χ3v) is 4.09. The van der Waals surface area contributed by atoms with Crippen molar-refractivity contribution in [3.63, 3.8) is 0 Å². The highest BCUT2D eigenvalue weighted by molar-refractivity contribution is 5.63. The van der Waals surface area contributed by atoms with Crippen LogP contribution in [-0.4, -0.2) is 53.6 Å². The summed E-state index contributed by atoms with van der Waals surface area (Å²) in [5.41, 5.74) is 3.13. The van der Waals surface area contributed by atoms with E-state index in [1.165, 1.54) is 5.56 Å². The van der Waals surface area contributed by atoms with Gasteiger partial charge in [-0.25, -0.2) is 4.98 Å². The first kappa shape index (κ1) is 18.8. The normalized spacial score (nSPS) is 10.8. The summed E-state index contributed by atoms with van der Waals surface area (Å²) in [7, 11) is 4.09. The number of anilines is 2. The fourth-order valence-electron chi connectivity index (χ4n) is 2.65. The van der Waals surface area contributed by atoms with Gasteiger partial charge in [0.2, 0.25) is 5.95 Å². The van der Waals surface area contributed by atoms with E-state index >= 15 is 0 Å². The smallest absolute Gasteiger partial charge is 0.225 e. The Balaban J connectivity index is 1.72. The zero-order chi connectivity index (χ0) is 18.9. The number of hydrogen-bond donors (Lipinski definition) is 2. The fraction of sp³-hybridized carbons (Fsp3) is 0.286. The van der Waals surface area contributed by atoms with Crippen LogP contribution in [0.15, 0.2) is 60.9 Å². The third kappa shape index (κ3) is 6.04. The molecule has 0 aliphatic carbocycles.